The van der Waals surface area contributed by atoms with E-state index in [0.29, 0.717) is 55.6 Å². The highest BCUT2D eigenvalue weighted by Crippen LogP contribution is 2.43. The van der Waals surface area contributed by atoms with Crippen LogP contribution < -0.4 is 20.9 Å². The number of nitrogens with zero attached hydrogens (tertiary/aromatic N) is 4. The summed E-state index contributed by atoms with van der Waals surface area (Å²) in [6.07, 6.45) is -9.64. The number of aromatic nitrogens is 4. The fourth-order valence-electron chi connectivity index (χ4n) is 6.27. The molecular weight excluding hydrogens is 747 g/mol. The van der Waals surface area contributed by atoms with Crippen molar-refractivity contribution in [2.45, 2.75) is 64.3 Å². The zero-order valence-corrected chi connectivity index (χ0v) is 32.0. The van der Waals surface area contributed by atoms with Crippen LogP contribution in [0.5, 0.6) is 11.5 Å². The number of halogens is 6. The number of nitrogen functional groups attached to an aromatic ring is 2. The van der Waals surface area contributed by atoms with Crippen molar-refractivity contribution in [3.8, 4) is 33.8 Å². The van der Waals surface area contributed by atoms with Crippen molar-refractivity contribution in [1.82, 2.24) is 19.1 Å². The van der Waals surface area contributed by atoms with Crippen LogP contribution in [0.15, 0.2) is 67.0 Å². The molecule has 0 saturated heterocycles. The topological polar surface area (TPSA) is 136 Å². The van der Waals surface area contributed by atoms with Gasteiger partial charge in [-0.25, -0.2) is 9.97 Å². The third-order valence-electron chi connectivity index (χ3n) is 10.1. The summed E-state index contributed by atoms with van der Waals surface area (Å²) in [4.78, 5) is 9.48. The summed E-state index contributed by atoms with van der Waals surface area (Å²) < 4.78 is 95.2. The molecule has 2 aromatic heterocycles. The lowest BCUT2D eigenvalue weighted by Crippen LogP contribution is -2.40. The number of aliphatic hydroxyl groups is 1. The van der Waals surface area contributed by atoms with Gasteiger partial charge in [-0.05, 0) is 65.7 Å². The highest BCUT2D eigenvalue weighted by atomic mass is 28.4. The predicted octanol–water partition coefficient (Wildman–Crippen LogP) is 9.36. The Labute approximate surface area is 313 Å². The van der Waals surface area contributed by atoms with Crippen LogP contribution >= 0.6 is 0 Å². The van der Waals surface area contributed by atoms with E-state index in [-0.39, 0.29) is 28.7 Å². The number of anilines is 2. The van der Waals surface area contributed by atoms with Crippen molar-refractivity contribution >= 4 is 41.8 Å². The maximum Gasteiger partial charge on any atom is 0.573 e. The Balaban J connectivity index is 1.50. The van der Waals surface area contributed by atoms with E-state index in [1.54, 1.807) is 35.4 Å². The first-order valence-electron chi connectivity index (χ1n) is 17.0. The molecule has 2 heterocycles. The standard InChI is InChI=1S/C38H40F6N6O4Si/c1-36(2,3)55(6,7)52-18-26-27(45)16-25(21-10-14-23(15-11-21)54-38(42,43)44)31-32(26)50(5)35(48-31)34(51)29-28(46)17-24(30-33(29)49(4)19-47-30)20-8-12-22(13-9-20)53-37(39,40)41/h8-17,19,34,51H,18,45-46H2,1-7H3. The minimum Gasteiger partial charge on any atom is -0.412 e. The third-order valence-corrected chi connectivity index (χ3v) is 14.6. The minimum absolute atomic E-state index is 0.119. The molecule has 0 aliphatic rings. The molecule has 1 unspecified atom stereocenters. The van der Waals surface area contributed by atoms with Gasteiger partial charge in [-0.2, -0.15) is 0 Å². The van der Waals surface area contributed by atoms with Gasteiger partial charge in [0.2, 0.25) is 0 Å². The molecule has 55 heavy (non-hydrogen) atoms. The number of hydrogen-bond donors (Lipinski definition) is 3. The van der Waals surface area contributed by atoms with Gasteiger partial charge in [0.15, 0.2) is 8.32 Å². The number of imidazole rings is 2. The Morgan fingerprint density at radius 2 is 1.25 bits per heavy atom. The molecule has 6 aromatic rings. The van der Waals surface area contributed by atoms with Crippen LogP contribution in [0.4, 0.5) is 37.7 Å². The zero-order chi connectivity index (χ0) is 40.4. The van der Waals surface area contributed by atoms with E-state index in [9.17, 15) is 31.4 Å². The third kappa shape index (κ3) is 7.81. The largest absolute Gasteiger partial charge is 0.573 e. The first-order valence-corrected chi connectivity index (χ1v) is 19.9. The fourth-order valence-corrected chi connectivity index (χ4v) is 7.21. The number of rotatable bonds is 9. The Morgan fingerprint density at radius 3 is 1.75 bits per heavy atom. The monoisotopic (exact) mass is 786 g/mol. The molecule has 6 rings (SSSR count). The van der Waals surface area contributed by atoms with Crippen LogP contribution in [0.1, 0.15) is 43.8 Å². The zero-order valence-electron chi connectivity index (χ0n) is 31.0. The fraction of sp³-hybridized carbons (Fsp3) is 0.316. The molecule has 17 heteroatoms. The number of hydrogen-bond acceptors (Lipinski definition) is 8. The first-order chi connectivity index (χ1) is 25.5. The molecule has 10 nitrogen and oxygen atoms in total. The molecule has 0 radical (unpaired) electrons. The van der Waals surface area contributed by atoms with Gasteiger partial charge >= 0.3 is 12.7 Å². The van der Waals surface area contributed by atoms with Crippen molar-refractivity contribution in [2.24, 2.45) is 14.1 Å². The Kier molecular flexibility index (Phi) is 9.89. The molecule has 0 saturated carbocycles. The van der Waals surface area contributed by atoms with E-state index in [0.717, 1.165) is 0 Å². The first kappa shape index (κ1) is 39.4. The lowest BCUT2D eigenvalue weighted by atomic mass is 9.96. The maximum absolute atomic E-state index is 12.9. The predicted molar refractivity (Wildman–Crippen MR) is 201 cm³/mol. The molecule has 292 valence electrons. The van der Waals surface area contributed by atoms with Crippen molar-refractivity contribution in [2.75, 3.05) is 11.5 Å². The van der Waals surface area contributed by atoms with Crippen LogP contribution in [-0.2, 0) is 25.1 Å². The smallest absolute Gasteiger partial charge is 0.412 e. The van der Waals surface area contributed by atoms with Crippen molar-refractivity contribution < 1.29 is 45.3 Å². The van der Waals surface area contributed by atoms with Gasteiger partial charge in [-0.15, -0.1) is 26.3 Å². The molecule has 5 N–H and O–H groups in total. The number of aliphatic hydroxyl groups excluding tert-OH is 1. The number of alkyl halides is 6. The van der Waals surface area contributed by atoms with Crippen molar-refractivity contribution in [3.63, 3.8) is 0 Å². The van der Waals surface area contributed by atoms with Gasteiger partial charge in [-0.3, -0.25) is 0 Å². The molecule has 0 amide bonds. The Morgan fingerprint density at radius 1 is 0.764 bits per heavy atom. The van der Waals surface area contributed by atoms with Gasteiger partial charge in [-0.1, -0.05) is 45.0 Å². The molecule has 0 bridgehead atoms. The number of nitrogens with two attached hydrogens (primary N) is 2. The lowest BCUT2D eigenvalue weighted by molar-refractivity contribution is -0.275. The summed E-state index contributed by atoms with van der Waals surface area (Å²) in [7, 11) is 1.13. The highest BCUT2D eigenvalue weighted by molar-refractivity contribution is 6.74. The maximum atomic E-state index is 12.9. The Hall–Kier alpha value is -5.26. The van der Waals surface area contributed by atoms with E-state index in [4.69, 9.17) is 20.9 Å². The summed E-state index contributed by atoms with van der Waals surface area (Å²) in [5, 5.41) is 12.1. The van der Waals surface area contributed by atoms with Gasteiger partial charge in [0.25, 0.3) is 0 Å². The molecule has 0 aliphatic heterocycles. The number of aryl methyl sites for hydroxylation is 2. The summed E-state index contributed by atoms with van der Waals surface area (Å²) >= 11 is 0. The SMILES string of the molecule is Cn1cnc2c(-c3ccc(OC(F)(F)F)cc3)cc(N)c(C(O)c3nc4c(-c5ccc(OC(F)(F)F)cc5)cc(N)c(CO[Si](C)(C)C(C)(C)C)c4n3C)c21. The average Bonchev–Trinajstić information content (AvgIpc) is 3.62. The van der Waals surface area contributed by atoms with E-state index >= 15 is 0 Å². The van der Waals surface area contributed by atoms with Gasteiger partial charge in [0.1, 0.15) is 23.4 Å². The highest BCUT2D eigenvalue weighted by Gasteiger charge is 2.38. The molecule has 0 spiro atoms. The number of ether oxygens (including phenoxy) is 2. The molecule has 4 aromatic carbocycles. The Bertz CT molecular complexity index is 2380. The van der Waals surface area contributed by atoms with Crippen LogP contribution in [-0.4, -0.2) is 45.3 Å². The summed E-state index contributed by atoms with van der Waals surface area (Å²) in [6, 6.07) is 13.8. The van der Waals surface area contributed by atoms with Gasteiger partial charge in [0, 0.05) is 47.7 Å². The summed E-state index contributed by atoms with van der Waals surface area (Å²) in [5.74, 6) is -0.625. The molecule has 1 atom stereocenters. The van der Waals surface area contributed by atoms with Crippen molar-refractivity contribution in [1.29, 1.82) is 0 Å². The van der Waals surface area contributed by atoms with Crippen LogP contribution in [0.2, 0.25) is 18.1 Å². The van der Waals surface area contributed by atoms with E-state index in [2.05, 4.69) is 48.3 Å². The summed E-state index contributed by atoms with van der Waals surface area (Å²) in [5.41, 5.74) is 18.6. The molecular formula is C38H40F6N6O4Si. The van der Waals surface area contributed by atoms with E-state index in [1.807, 2.05) is 0 Å². The number of fused-ring (bicyclic) bond motifs is 2. The number of benzene rings is 4. The van der Waals surface area contributed by atoms with Gasteiger partial charge < -0.3 is 39.6 Å². The average molecular weight is 787 g/mol. The lowest BCUT2D eigenvalue weighted by Gasteiger charge is -2.36. The second-order valence-corrected chi connectivity index (χ2v) is 19.6. The molecule has 0 aliphatic carbocycles. The quantitative estimate of drug-likeness (QED) is 0.0750. The molecule has 0 fully saturated rings. The normalized spacial score (nSPS) is 13.5. The second-order valence-electron chi connectivity index (χ2n) is 14.8. The van der Waals surface area contributed by atoms with Crippen LogP contribution in [0, 0.1) is 0 Å². The summed E-state index contributed by atoms with van der Waals surface area (Å²) in [6.45, 7) is 10.7. The van der Waals surface area contributed by atoms with Crippen molar-refractivity contribution in [3.05, 3.63) is 83.9 Å². The van der Waals surface area contributed by atoms with E-state index in [1.165, 1.54) is 54.9 Å². The second kappa shape index (κ2) is 13.8. The van der Waals surface area contributed by atoms with Crippen LogP contribution in [0.25, 0.3) is 44.3 Å². The van der Waals surface area contributed by atoms with Crippen LogP contribution in [0.3, 0.4) is 0 Å². The minimum atomic E-state index is -4.87. The van der Waals surface area contributed by atoms with E-state index < -0.39 is 38.6 Å². The van der Waals surface area contributed by atoms with Gasteiger partial charge in [0.05, 0.1) is 35.0 Å².